The molecule has 0 bridgehead atoms. The van der Waals surface area contributed by atoms with Crippen LogP contribution >= 0.6 is 0 Å². The van der Waals surface area contributed by atoms with Crippen LogP contribution in [0.3, 0.4) is 0 Å². The molecule has 2 aromatic rings. The highest BCUT2D eigenvalue weighted by Crippen LogP contribution is 2.18. The van der Waals surface area contributed by atoms with E-state index in [1.165, 1.54) is 0 Å². The zero-order chi connectivity index (χ0) is 10.1. The topological polar surface area (TPSA) is 55.3 Å². The molecule has 14 heavy (non-hydrogen) atoms. The van der Waals surface area contributed by atoms with Gasteiger partial charge in [-0.3, -0.25) is 0 Å². The minimum atomic E-state index is 0.699. The van der Waals surface area contributed by atoms with Crippen molar-refractivity contribution in [2.24, 2.45) is 0 Å². The van der Waals surface area contributed by atoms with Crippen molar-refractivity contribution < 1.29 is 4.42 Å². The average molecular weight is 191 g/mol. The number of aromatic nitrogens is 1. The van der Waals surface area contributed by atoms with E-state index < -0.39 is 0 Å². The molecule has 2 rings (SSSR count). The van der Waals surface area contributed by atoms with Crippen molar-refractivity contribution >= 4 is 16.8 Å². The zero-order valence-corrected chi connectivity index (χ0v) is 8.32. The first-order valence-corrected chi connectivity index (χ1v) is 4.45. The number of benzene rings is 1. The van der Waals surface area contributed by atoms with Gasteiger partial charge in [-0.25, -0.2) is 4.98 Å². The SMILES string of the molecule is CN(C)Cc1nc2ccc(N)cc2o1. The molecule has 0 fully saturated rings. The smallest absolute Gasteiger partial charge is 0.209 e. The van der Waals surface area contributed by atoms with Gasteiger partial charge in [0.1, 0.15) is 5.52 Å². The highest BCUT2D eigenvalue weighted by Gasteiger charge is 2.06. The van der Waals surface area contributed by atoms with E-state index in [1.807, 2.05) is 31.1 Å². The monoisotopic (exact) mass is 191 g/mol. The molecule has 0 saturated carbocycles. The van der Waals surface area contributed by atoms with Crippen LogP contribution in [-0.2, 0) is 6.54 Å². The lowest BCUT2D eigenvalue weighted by atomic mass is 10.3. The quantitative estimate of drug-likeness (QED) is 0.730. The Kier molecular flexibility index (Phi) is 2.13. The lowest BCUT2D eigenvalue weighted by Crippen LogP contribution is -2.10. The van der Waals surface area contributed by atoms with Crippen molar-refractivity contribution in [3.63, 3.8) is 0 Å². The van der Waals surface area contributed by atoms with E-state index in [9.17, 15) is 0 Å². The van der Waals surface area contributed by atoms with Crippen LogP contribution in [0.4, 0.5) is 5.69 Å². The van der Waals surface area contributed by atoms with Gasteiger partial charge in [0, 0.05) is 11.8 Å². The number of nitrogens with two attached hydrogens (primary N) is 1. The van der Waals surface area contributed by atoms with E-state index in [0.717, 1.165) is 17.0 Å². The van der Waals surface area contributed by atoms with Crippen molar-refractivity contribution in [3.05, 3.63) is 24.1 Å². The van der Waals surface area contributed by atoms with Gasteiger partial charge in [-0.15, -0.1) is 0 Å². The Labute approximate surface area is 82.3 Å². The van der Waals surface area contributed by atoms with Crippen LogP contribution in [0.2, 0.25) is 0 Å². The maximum atomic E-state index is 5.64. The zero-order valence-electron chi connectivity index (χ0n) is 8.32. The van der Waals surface area contributed by atoms with Crippen molar-refractivity contribution in [2.45, 2.75) is 6.54 Å². The number of rotatable bonds is 2. The summed E-state index contributed by atoms with van der Waals surface area (Å²) in [5.41, 5.74) is 7.94. The summed E-state index contributed by atoms with van der Waals surface area (Å²) in [6.07, 6.45) is 0. The predicted octanol–water partition coefficient (Wildman–Crippen LogP) is 1.47. The summed E-state index contributed by atoms with van der Waals surface area (Å²) in [6.45, 7) is 0.703. The van der Waals surface area contributed by atoms with Crippen LogP contribution in [-0.4, -0.2) is 24.0 Å². The van der Waals surface area contributed by atoms with Gasteiger partial charge in [0.2, 0.25) is 5.89 Å². The number of hydrogen-bond acceptors (Lipinski definition) is 4. The molecule has 4 heteroatoms. The second kappa shape index (κ2) is 3.31. The van der Waals surface area contributed by atoms with Crippen LogP contribution in [0.5, 0.6) is 0 Å². The van der Waals surface area contributed by atoms with Gasteiger partial charge in [-0.05, 0) is 26.2 Å². The lowest BCUT2D eigenvalue weighted by Gasteiger charge is -2.03. The van der Waals surface area contributed by atoms with Crippen LogP contribution in [0.15, 0.2) is 22.6 Å². The fraction of sp³-hybridized carbons (Fsp3) is 0.300. The Bertz CT molecular complexity index is 448. The number of nitrogen functional groups attached to an aromatic ring is 1. The fourth-order valence-corrected chi connectivity index (χ4v) is 1.33. The number of hydrogen-bond donors (Lipinski definition) is 1. The summed E-state index contributed by atoms with van der Waals surface area (Å²) in [4.78, 5) is 6.34. The summed E-state index contributed by atoms with van der Waals surface area (Å²) >= 11 is 0. The molecule has 74 valence electrons. The highest BCUT2D eigenvalue weighted by atomic mass is 16.3. The van der Waals surface area contributed by atoms with Crippen LogP contribution in [0, 0.1) is 0 Å². The molecular formula is C10H13N3O. The first kappa shape index (κ1) is 9.02. The highest BCUT2D eigenvalue weighted by molar-refractivity contribution is 5.76. The van der Waals surface area contributed by atoms with Crippen molar-refractivity contribution in [1.29, 1.82) is 0 Å². The van der Waals surface area contributed by atoms with Crippen molar-refractivity contribution in [1.82, 2.24) is 9.88 Å². The van der Waals surface area contributed by atoms with Gasteiger partial charge in [0.05, 0.1) is 6.54 Å². The number of anilines is 1. The molecule has 0 spiro atoms. The van der Waals surface area contributed by atoms with E-state index in [-0.39, 0.29) is 0 Å². The summed E-state index contributed by atoms with van der Waals surface area (Å²) in [5.74, 6) is 0.718. The van der Waals surface area contributed by atoms with Crippen molar-refractivity contribution in [2.75, 3.05) is 19.8 Å². The van der Waals surface area contributed by atoms with Gasteiger partial charge in [-0.1, -0.05) is 0 Å². The first-order chi connectivity index (χ1) is 6.65. The third-order valence-electron chi connectivity index (χ3n) is 1.91. The third kappa shape index (κ3) is 1.70. The van der Waals surface area contributed by atoms with E-state index in [2.05, 4.69) is 4.98 Å². The van der Waals surface area contributed by atoms with Gasteiger partial charge in [0.25, 0.3) is 0 Å². The summed E-state index contributed by atoms with van der Waals surface area (Å²) in [7, 11) is 3.95. The second-order valence-corrected chi connectivity index (χ2v) is 3.57. The molecule has 0 radical (unpaired) electrons. The minimum absolute atomic E-state index is 0.699. The van der Waals surface area contributed by atoms with Gasteiger partial charge >= 0.3 is 0 Å². The molecule has 2 N–H and O–H groups in total. The molecule has 0 unspecified atom stereocenters. The lowest BCUT2D eigenvalue weighted by molar-refractivity contribution is 0.349. The van der Waals surface area contributed by atoms with Gasteiger partial charge in [0.15, 0.2) is 5.58 Å². The molecule has 1 aromatic heterocycles. The Morgan fingerprint density at radius 3 is 2.93 bits per heavy atom. The standard InChI is InChI=1S/C10H13N3O/c1-13(2)6-10-12-8-4-3-7(11)5-9(8)14-10/h3-5H,6,11H2,1-2H3. The number of nitrogens with zero attached hydrogens (tertiary/aromatic N) is 2. The summed E-state index contributed by atoms with van der Waals surface area (Å²) in [6, 6.07) is 5.49. The Hall–Kier alpha value is -1.55. The second-order valence-electron chi connectivity index (χ2n) is 3.57. The van der Waals surface area contributed by atoms with Gasteiger partial charge in [-0.2, -0.15) is 0 Å². The predicted molar refractivity (Wildman–Crippen MR) is 55.8 cm³/mol. The number of oxazole rings is 1. The van der Waals surface area contributed by atoms with E-state index in [1.54, 1.807) is 6.07 Å². The normalized spacial score (nSPS) is 11.4. The first-order valence-electron chi connectivity index (χ1n) is 4.45. The average Bonchev–Trinajstić information content (AvgIpc) is 2.44. The maximum absolute atomic E-state index is 5.64. The van der Waals surface area contributed by atoms with Crippen molar-refractivity contribution in [3.8, 4) is 0 Å². The molecule has 0 aliphatic carbocycles. The molecule has 1 aromatic carbocycles. The van der Waals surface area contributed by atoms with E-state index >= 15 is 0 Å². The van der Waals surface area contributed by atoms with E-state index in [0.29, 0.717) is 12.2 Å². The molecule has 0 amide bonds. The molecule has 0 atom stereocenters. The van der Waals surface area contributed by atoms with Crippen LogP contribution < -0.4 is 5.73 Å². The van der Waals surface area contributed by atoms with E-state index in [4.69, 9.17) is 10.2 Å². The third-order valence-corrected chi connectivity index (χ3v) is 1.91. The number of fused-ring (bicyclic) bond motifs is 1. The van der Waals surface area contributed by atoms with Crippen LogP contribution in [0.25, 0.3) is 11.1 Å². The molecule has 0 aliphatic rings. The molecule has 0 saturated heterocycles. The minimum Gasteiger partial charge on any atom is -0.439 e. The maximum Gasteiger partial charge on any atom is 0.209 e. The molecule has 4 nitrogen and oxygen atoms in total. The summed E-state index contributed by atoms with van der Waals surface area (Å²) in [5, 5.41) is 0. The Morgan fingerprint density at radius 2 is 2.21 bits per heavy atom. The van der Waals surface area contributed by atoms with Gasteiger partial charge < -0.3 is 15.1 Å². The summed E-state index contributed by atoms with van der Waals surface area (Å²) < 4.78 is 5.53. The van der Waals surface area contributed by atoms with Crippen LogP contribution in [0.1, 0.15) is 5.89 Å². The molecule has 0 aliphatic heterocycles. The molecular weight excluding hydrogens is 178 g/mol. The Morgan fingerprint density at radius 1 is 1.43 bits per heavy atom. The fourth-order valence-electron chi connectivity index (χ4n) is 1.33. The Balaban J connectivity index is 2.41. The molecule has 1 heterocycles. The largest absolute Gasteiger partial charge is 0.439 e.